The van der Waals surface area contributed by atoms with Crippen LogP contribution in [0.5, 0.6) is 0 Å². The third kappa shape index (κ3) is 5.14. The molecule has 88 valence electrons. The van der Waals surface area contributed by atoms with E-state index < -0.39 is 0 Å². The fourth-order valence-electron chi connectivity index (χ4n) is 1.39. The Bertz CT molecular complexity index is 342. The van der Waals surface area contributed by atoms with Crippen molar-refractivity contribution in [2.75, 3.05) is 13.1 Å². The van der Waals surface area contributed by atoms with Crippen molar-refractivity contribution >= 4 is 17.5 Å². The summed E-state index contributed by atoms with van der Waals surface area (Å²) < 4.78 is 0. The highest BCUT2D eigenvalue weighted by Gasteiger charge is 2.00. The zero-order valence-electron chi connectivity index (χ0n) is 9.21. The van der Waals surface area contributed by atoms with Crippen molar-refractivity contribution in [2.24, 2.45) is 5.73 Å². The van der Waals surface area contributed by atoms with Crippen LogP contribution >= 0.6 is 11.6 Å². The molecule has 0 heterocycles. The molecule has 0 radical (unpaired) electrons. The van der Waals surface area contributed by atoms with Gasteiger partial charge in [0, 0.05) is 18.0 Å². The number of carbonyl (C=O) groups excluding carboxylic acids is 1. The third-order valence-corrected chi connectivity index (χ3v) is 2.47. The van der Waals surface area contributed by atoms with E-state index >= 15 is 0 Å². The van der Waals surface area contributed by atoms with Gasteiger partial charge < -0.3 is 11.1 Å². The molecule has 3 nitrogen and oxygen atoms in total. The molecule has 4 heteroatoms. The van der Waals surface area contributed by atoms with Crippen LogP contribution in [0.4, 0.5) is 0 Å². The number of benzene rings is 1. The minimum absolute atomic E-state index is 0.0625. The van der Waals surface area contributed by atoms with E-state index in [1.54, 1.807) is 0 Å². The summed E-state index contributed by atoms with van der Waals surface area (Å²) in [5.74, 6) is 0.0625. The lowest BCUT2D eigenvalue weighted by Crippen LogP contribution is -2.25. The lowest BCUT2D eigenvalue weighted by atomic mass is 10.1. The highest BCUT2D eigenvalue weighted by atomic mass is 35.5. The molecule has 1 aromatic rings. The largest absolute Gasteiger partial charge is 0.356 e. The molecule has 0 bridgehead atoms. The molecule has 0 aliphatic carbocycles. The molecule has 0 saturated heterocycles. The summed E-state index contributed by atoms with van der Waals surface area (Å²) in [7, 11) is 0. The van der Waals surface area contributed by atoms with Gasteiger partial charge in [0.15, 0.2) is 0 Å². The molecule has 1 rings (SSSR count). The van der Waals surface area contributed by atoms with Gasteiger partial charge in [0.25, 0.3) is 0 Å². The average Bonchev–Trinajstić information content (AvgIpc) is 2.26. The maximum atomic E-state index is 11.3. The number of hydrogen-bond donors (Lipinski definition) is 2. The van der Waals surface area contributed by atoms with Crippen molar-refractivity contribution in [3.8, 4) is 0 Å². The molecule has 0 aliphatic heterocycles. The molecule has 0 unspecified atom stereocenters. The summed E-state index contributed by atoms with van der Waals surface area (Å²) in [5.41, 5.74) is 6.45. The zero-order chi connectivity index (χ0) is 11.8. The number of hydrogen-bond acceptors (Lipinski definition) is 2. The quantitative estimate of drug-likeness (QED) is 0.796. The molecule has 0 aromatic heterocycles. The van der Waals surface area contributed by atoms with Crippen molar-refractivity contribution in [1.29, 1.82) is 0 Å². The highest BCUT2D eigenvalue weighted by Crippen LogP contribution is 2.10. The van der Waals surface area contributed by atoms with Crippen molar-refractivity contribution < 1.29 is 4.79 Å². The Morgan fingerprint density at radius 3 is 2.94 bits per heavy atom. The van der Waals surface area contributed by atoms with Gasteiger partial charge >= 0.3 is 0 Å². The second kappa shape index (κ2) is 7.25. The summed E-state index contributed by atoms with van der Waals surface area (Å²) in [6, 6.07) is 7.66. The number of nitrogens with two attached hydrogens (primary N) is 1. The van der Waals surface area contributed by atoms with Crippen LogP contribution in [0, 0.1) is 0 Å². The maximum absolute atomic E-state index is 11.3. The van der Waals surface area contributed by atoms with Crippen molar-refractivity contribution in [3.63, 3.8) is 0 Å². The summed E-state index contributed by atoms with van der Waals surface area (Å²) in [5, 5.41) is 3.58. The van der Waals surface area contributed by atoms with Gasteiger partial charge in [0.1, 0.15) is 0 Å². The molecule has 0 saturated carbocycles. The summed E-state index contributed by atoms with van der Waals surface area (Å²) in [6.07, 6.45) is 2.05. The van der Waals surface area contributed by atoms with Crippen LogP contribution in [0.2, 0.25) is 5.02 Å². The van der Waals surface area contributed by atoms with Crippen molar-refractivity contribution in [1.82, 2.24) is 5.32 Å². The van der Waals surface area contributed by atoms with Gasteiger partial charge in [0.2, 0.25) is 5.91 Å². The Hall–Kier alpha value is -1.06. The highest BCUT2D eigenvalue weighted by molar-refractivity contribution is 6.30. The topological polar surface area (TPSA) is 55.1 Å². The molecule has 0 spiro atoms. The second-order valence-electron chi connectivity index (χ2n) is 3.62. The summed E-state index contributed by atoms with van der Waals surface area (Å²) in [6.45, 7) is 1.20. The van der Waals surface area contributed by atoms with Gasteiger partial charge in [-0.15, -0.1) is 0 Å². The predicted octanol–water partition coefficient (Wildman–Crippen LogP) is 1.74. The Labute approximate surface area is 101 Å². The van der Waals surface area contributed by atoms with Gasteiger partial charge in [-0.25, -0.2) is 0 Å². The lowest BCUT2D eigenvalue weighted by molar-refractivity contribution is -0.121. The fourth-order valence-corrected chi connectivity index (χ4v) is 1.60. The van der Waals surface area contributed by atoms with Crippen molar-refractivity contribution in [2.45, 2.75) is 19.3 Å². The number of rotatable bonds is 6. The number of halogens is 1. The second-order valence-corrected chi connectivity index (χ2v) is 4.06. The van der Waals surface area contributed by atoms with Gasteiger partial charge in [-0.05, 0) is 37.1 Å². The number of nitrogens with one attached hydrogen (secondary N) is 1. The monoisotopic (exact) mass is 240 g/mol. The Morgan fingerprint density at radius 1 is 1.44 bits per heavy atom. The molecular formula is C12H17ClN2O. The zero-order valence-corrected chi connectivity index (χ0v) is 9.96. The van der Waals surface area contributed by atoms with Gasteiger partial charge in [-0.1, -0.05) is 23.7 Å². The summed E-state index contributed by atoms with van der Waals surface area (Å²) in [4.78, 5) is 11.3. The maximum Gasteiger partial charge on any atom is 0.220 e. The first-order chi connectivity index (χ1) is 7.72. The molecule has 16 heavy (non-hydrogen) atoms. The van der Waals surface area contributed by atoms with Crippen molar-refractivity contribution in [3.05, 3.63) is 34.9 Å². The first-order valence-corrected chi connectivity index (χ1v) is 5.81. The molecule has 3 N–H and O–H groups in total. The number of carbonyl (C=O) groups is 1. The van der Waals surface area contributed by atoms with Gasteiger partial charge in [-0.3, -0.25) is 4.79 Å². The Kier molecular flexibility index (Phi) is 5.90. The summed E-state index contributed by atoms with van der Waals surface area (Å²) >= 11 is 5.85. The molecule has 1 amide bonds. The van der Waals surface area contributed by atoms with E-state index in [1.165, 1.54) is 0 Å². The van der Waals surface area contributed by atoms with Crippen LogP contribution in [0.3, 0.4) is 0 Å². The van der Waals surface area contributed by atoms with Crippen LogP contribution in [0.1, 0.15) is 18.4 Å². The van der Waals surface area contributed by atoms with E-state index in [1.807, 2.05) is 24.3 Å². The lowest BCUT2D eigenvalue weighted by Gasteiger charge is -2.05. The normalized spacial score (nSPS) is 10.1. The first-order valence-electron chi connectivity index (χ1n) is 5.43. The SMILES string of the molecule is NCCCC(=O)NCCc1cccc(Cl)c1. The molecule has 0 aliphatic rings. The molecule has 0 atom stereocenters. The van der Waals surface area contributed by atoms with Gasteiger partial charge in [0.05, 0.1) is 0 Å². The van der Waals surface area contributed by atoms with Crippen LogP contribution < -0.4 is 11.1 Å². The van der Waals surface area contributed by atoms with E-state index in [2.05, 4.69) is 5.32 Å². The predicted molar refractivity (Wildman–Crippen MR) is 66.5 cm³/mol. The van der Waals surface area contributed by atoms with Gasteiger partial charge in [-0.2, -0.15) is 0 Å². The smallest absolute Gasteiger partial charge is 0.220 e. The fraction of sp³-hybridized carbons (Fsp3) is 0.417. The Morgan fingerprint density at radius 2 is 2.25 bits per heavy atom. The number of amides is 1. The van der Waals surface area contributed by atoms with E-state index in [4.69, 9.17) is 17.3 Å². The van der Waals surface area contributed by atoms with Crippen LogP contribution in [-0.2, 0) is 11.2 Å². The van der Waals surface area contributed by atoms with Crippen LogP contribution in [-0.4, -0.2) is 19.0 Å². The minimum atomic E-state index is 0.0625. The molecule has 0 fully saturated rings. The van der Waals surface area contributed by atoms with Crippen LogP contribution in [0.25, 0.3) is 0 Å². The first kappa shape index (κ1) is 13.0. The minimum Gasteiger partial charge on any atom is -0.356 e. The van der Waals surface area contributed by atoms with Crippen LogP contribution in [0.15, 0.2) is 24.3 Å². The molecular weight excluding hydrogens is 224 g/mol. The molecule has 1 aromatic carbocycles. The average molecular weight is 241 g/mol. The standard InChI is InChI=1S/C12H17ClN2O/c13-11-4-1-3-10(9-11)6-8-15-12(16)5-2-7-14/h1,3-4,9H,2,5-8,14H2,(H,15,16). The third-order valence-electron chi connectivity index (χ3n) is 2.23. The van der Waals surface area contributed by atoms with E-state index in [0.717, 1.165) is 23.4 Å². The Balaban J connectivity index is 2.22. The van der Waals surface area contributed by atoms with E-state index in [-0.39, 0.29) is 5.91 Å². The van der Waals surface area contributed by atoms with E-state index in [0.29, 0.717) is 19.5 Å². The van der Waals surface area contributed by atoms with E-state index in [9.17, 15) is 4.79 Å².